The number of unbranched alkanes of at least 4 members (excludes halogenated alkanes) is 49. The van der Waals surface area contributed by atoms with E-state index >= 15 is 0 Å². The normalized spacial score (nSPS) is 14.2. The van der Waals surface area contributed by atoms with E-state index in [0.29, 0.717) is 25.7 Å². The van der Waals surface area contributed by atoms with E-state index in [-0.39, 0.29) is 25.7 Å². The molecule has 0 bridgehead atoms. The van der Waals surface area contributed by atoms with Crippen LogP contribution in [0.3, 0.4) is 0 Å². The van der Waals surface area contributed by atoms with Crippen LogP contribution >= 0.6 is 15.6 Å². The summed E-state index contributed by atoms with van der Waals surface area (Å²) in [5.41, 5.74) is 0. The number of phosphoric ester groups is 2. The van der Waals surface area contributed by atoms with Gasteiger partial charge in [-0.2, -0.15) is 0 Å². The Bertz CT molecular complexity index is 1860. The number of phosphoric acid groups is 2. The van der Waals surface area contributed by atoms with Gasteiger partial charge in [-0.05, 0) is 31.6 Å². The molecule has 3 N–H and O–H groups in total. The number of aliphatic hydroxyl groups is 1. The summed E-state index contributed by atoms with van der Waals surface area (Å²) in [6.45, 7) is 7.34. The number of hydrogen-bond acceptors (Lipinski definition) is 15. The lowest BCUT2D eigenvalue weighted by atomic mass is 9.99. The van der Waals surface area contributed by atoms with E-state index in [1.54, 1.807) is 0 Å². The fourth-order valence-electron chi connectivity index (χ4n) is 12.0. The molecular weight excluding hydrogens is 1270 g/mol. The predicted octanol–water partition coefficient (Wildman–Crippen LogP) is 23.3. The smallest absolute Gasteiger partial charge is 0.462 e. The summed E-state index contributed by atoms with van der Waals surface area (Å²) in [4.78, 5) is 72.9. The molecule has 0 aliphatic rings. The molecule has 0 saturated heterocycles. The molecule has 97 heavy (non-hydrogen) atoms. The first-order chi connectivity index (χ1) is 47.1. The van der Waals surface area contributed by atoms with Crippen molar-refractivity contribution in [2.75, 3.05) is 39.6 Å². The van der Waals surface area contributed by atoms with Gasteiger partial charge in [0.05, 0.1) is 26.4 Å². The van der Waals surface area contributed by atoms with Gasteiger partial charge in [-0.1, -0.05) is 362 Å². The summed E-state index contributed by atoms with van der Waals surface area (Å²) in [5, 5.41) is 10.6. The summed E-state index contributed by atoms with van der Waals surface area (Å²) in [6, 6.07) is 0. The SMILES string of the molecule is CCCCCCCCCCCCCCCCCCCCC(=O)O[C@H](COC(=O)CCCCCCCCCCCCC(C)CC)COP(=O)(O)OC[C@@H](O)COP(=O)(O)OC[C@@H](COC(=O)CCCCCCCCCCCCCC)OC(=O)CCCCCCCCCCCCCCC. The van der Waals surface area contributed by atoms with Gasteiger partial charge >= 0.3 is 39.5 Å². The van der Waals surface area contributed by atoms with Gasteiger partial charge in [0.2, 0.25) is 0 Å². The minimum absolute atomic E-state index is 0.108. The van der Waals surface area contributed by atoms with Crippen molar-refractivity contribution in [3.63, 3.8) is 0 Å². The first-order valence-corrected chi connectivity index (χ1v) is 43.7. The Morgan fingerprint density at radius 3 is 0.732 bits per heavy atom. The van der Waals surface area contributed by atoms with Crippen LogP contribution in [0.15, 0.2) is 0 Å². The molecule has 3 unspecified atom stereocenters. The maximum atomic E-state index is 13.1. The van der Waals surface area contributed by atoms with Crippen LogP contribution in [0, 0.1) is 5.92 Å². The zero-order valence-electron chi connectivity index (χ0n) is 63.2. The molecule has 0 aromatic rings. The number of aliphatic hydroxyl groups excluding tert-OH is 1. The monoisotopic (exact) mass is 1420 g/mol. The van der Waals surface area contributed by atoms with E-state index in [9.17, 15) is 43.2 Å². The molecule has 0 spiro atoms. The van der Waals surface area contributed by atoms with Gasteiger partial charge in [0.25, 0.3) is 0 Å². The van der Waals surface area contributed by atoms with E-state index in [0.717, 1.165) is 95.8 Å². The van der Waals surface area contributed by atoms with Crippen LogP contribution in [0.1, 0.15) is 413 Å². The van der Waals surface area contributed by atoms with Gasteiger partial charge in [0.1, 0.15) is 19.3 Å². The van der Waals surface area contributed by atoms with Crippen molar-refractivity contribution in [1.29, 1.82) is 0 Å². The highest BCUT2D eigenvalue weighted by Gasteiger charge is 2.30. The Balaban J connectivity index is 5.25. The molecule has 0 aromatic heterocycles. The zero-order valence-corrected chi connectivity index (χ0v) is 65.0. The van der Waals surface area contributed by atoms with Crippen LogP contribution in [0.4, 0.5) is 0 Å². The molecule has 0 amide bonds. The van der Waals surface area contributed by atoms with Crippen LogP contribution < -0.4 is 0 Å². The van der Waals surface area contributed by atoms with Crippen molar-refractivity contribution in [3.8, 4) is 0 Å². The quantitative estimate of drug-likeness (QED) is 0.0222. The number of hydrogen-bond donors (Lipinski definition) is 3. The highest BCUT2D eigenvalue weighted by molar-refractivity contribution is 7.47. The topological polar surface area (TPSA) is 237 Å². The maximum absolute atomic E-state index is 13.1. The summed E-state index contributed by atoms with van der Waals surface area (Å²) >= 11 is 0. The van der Waals surface area contributed by atoms with Gasteiger partial charge < -0.3 is 33.8 Å². The largest absolute Gasteiger partial charge is 0.472 e. The first kappa shape index (κ1) is 95.1. The van der Waals surface area contributed by atoms with Crippen molar-refractivity contribution in [2.24, 2.45) is 5.92 Å². The predicted molar refractivity (Wildman–Crippen MR) is 395 cm³/mol. The molecular formula is C78H152O17P2. The van der Waals surface area contributed by atoms with E-state index in [2.05, 4.69) is 34.6 Å². The van der Waals surface area contributed by atoms with Crippen molar-refractivity contribution < 1.29 is 80.2 Å². The van der Waals surface area contributed by atoms with Crippen molar-refractivity contribution >= 4 is 39.5 Å². The van der Waals surface area contributed by atoms with E-state index in [1.165, 1.54) is 238 Å². The molecule has 0 aromatic carbocycles. The molecule has 6 atom stereocenters. The molecule has 576 valence electrons. The Hall–Kier alpha value is -1.94. The molecule has 17 nitrogen and oxygen atoms in total. The molecule has 0 aliphatic heterocycles. The fourth-order valence-corrected chi connectivity index (χ4v) is 13.6. The number of esters is 4. The summed E-state index contributed by atoms with van der Waals surface area (Å²) < 4.78 is 68.6. The van der Waals surface area contributed by atoms with Gasteiger partial charge in [-0.15, -0.1) is 0 Å². The van der Waals surface area contributed by atoms with Gasteiger partial charge in [0, 0.05) is 25.7 Å². The minimum Gasteiger partial charge on any atom is -0.462 e. The van der Waals surface area contributed by atoms with Gasteiger partial charge in [-0.3, -0.25) is 37.3 Å². The third-order valence-electron chi connectivity index (χ3n) is 18.6. The molecule has 0 saturated carbocycles. The summed E-state index contributed by atoms with van der Waals surface area (Å²) in [5.74, 6) is -1.30. The summed E-state index contributed by atoms with van der Waals surface area (Å²) in [7, 11) is -9.91. The molecule has 0 fully saturated rings. The Morgan fingerprint density at radius 2 is 0.495 bits per heavy atom. The van der Waals surface area contributed by atoms with Crippen molar-refractivity contribution in [2.45, 2.75) is 432 Å². The standard InChI is InChI=1S/C78H152O17P2/c1-6-10-13-16-19-22-25-28-29-30-31-32-34-37-44-49-54-59-64-78(83)95-74(68-89-76(81)62-57-52-47-42-39-38-40-45-50-55-60-71(5)9-4)70-93-97(86,87)91-66-72(79)65-90-96(84,85)92-69-73(67-88-75(80)61-56-51-46-41-35-27-24-21-18-15-12-8-3)94-77(82)63-58-53-48-43-36-33-26-23-20-17-14-11-7-2/h71-74,79H,6-70H2,1-5H3,(H,84,85)(H,86,87)/t71?,72-,73+,74+/m0/s1. The average molecular weight is 1420 g/mol. The van der Waals surface area contributed by atoms with Crippen LogP contribution in [0.2, 0.25) is 0 Å². The fraction of sp³-hybridized carbons (Fsp3) is 0.949. The number of ether oxygens (including phenoxy) is 4. The molecule has 0 radical (unpaired) electrons. The maximum Gasteiger partial charge on any atom is 0.472 e. The van der Waals surface area contributed by atoms with Crippen LogP contribution in [0.25, 0.3) is 0 Å². The lowest BCUT2D eigenvalue weighted by Gasteiger charge is -2.21. The molecule has 0 heterocycles. The Kier molecular flexibility index (Phi) is 69.6. The van der Waals surface area contributed by atoms with E-state index < -0.39 is 97.5 Å². The number of carbonyl (C=O) groups is 4. The third-order valence-corrected chi connectivity index (χ3v) is 20.5. The third kappa shape index (κ3) is 70.9. The lowest BCUT2D eigenvalue weighted by Crippen LogP contribution is -2.30. The lowest BCUT2D eigenvalue weighted by molar-refractivity contribution is -0.161. The Labute approximate surface area is 594 Å². The second-order valence-corrected chi connectivity index (χ2v) is 31.3. The van der Waals surface area contributed by atoms with Crippen molar-refractivity contribution in [1.82, 2.24) is 0 Å². The number of carbonyl (C=O) groups excluding carboxylic acids is 4. The minimum atomic E-state index is -4.96. The first-order valence-electron chi connectivity index (χ1n) is 40.7. The average Bonchev–Trinajstić information content (AvgIpc) is 1.46. The molecule has 0 rings (SSSR count). The second kappa shape index (κ2) is 71.1. The Morgan fingerprint density at radius 1 is 0.289 bits per heavy atom. The summed E-state index contributed by atoms with van der Waals surface area (Å²) in [6.07, 6.45) is 60.8. The van der Waals surface area contributed by atoms with Crippen molar-refractivity contribution in [3.05, 3.63) is 0 Å². The van der Waals surface area contributed by atoms with Gasteiger partial charge in [0.15, 0.2) is 12.2 Å². The van der Waals surface area contributed by atoms with E-state index in [1.807, 2.05) is 0 Å². The highest BCUT2D eigenvalue weighted by Crippen LogP contribution is 2.45. The highest BCUT2D eigenvalue weighted by atomic mass is 31.2. The van der Waals surface area contributed by atoms with Gasteiger partial charge in [-0.25, -0.2) is 9.13 Å². The molecule has 0 aliphatic carbocycles. The van der Waals surface area contributed by atoms with Crippen LogP contribution in [0.5, 0.6) is 0 Å². The number of rotatable bonds is 78. The zero-order chi connectivity index (χ0) is 71.2. The van der Waals surface area contributed by atoms with E-state index in [4.69, 9.17) is 37.0 Å². The van der Waals surface area contributed by atoms with Crippen LogP contribution in [-0.4, -0.2) is 96.7 Å². The molecule has 19 heteroatoms. The van der Waals surface area contributed by atoms with Crippen LogP contribution in [-0.2, 0) is 65.4 Å². The second-order valence-electron chi connectivity index (χ2n) is 28.3.